The molecule has 0 aromatic carbocycles. The third kappa shape index (κ3) is 9.57. The molecule has 53 heavy (non-hydrogen) atoms. The van der Waals surface area contributed by atoms with E-state index in [1.54, 1.807) is 27.9 Å². The Balaban J connectivity index is 1.45. The number of esters is 1. The lowest BCUT2D eigenvalue weighted by Gasteiger charge is -2.49. The maximum Gasteiger partial charge on any atom is 0.408 e. The number of hydrogen-bond donors (Lipinski definition) is 3. The molecule has 0 radical (unpaired) electrons. The molecule has 2 saturated carbocycles. The van der Waals surface area contributed by atoms with Gasteiger partial charge in [-0.1, -0.05) is 20.8 Å². The minimum atomic E-state index is -1.16. The van der Waals surface area contributed by atoms with Crippen molar-refractivity contribution in [3.05, 3.63) is 0 Å². The van der Waals surface area contributed by atoms with Gasteiger partial charge in [0.25, 0.3) is 0 Å². The highest BCUT2D eigenvalue weighted by molar-refractivity contribution is 6.00. The van der Waals surface area contributed by atoms with Gasteiger partial charge in [-0.2, -0.15) is 0 Å². The maximum atomic E-state index is 14.4. The number of fused-ring (bicyclic) bond motifs is 1. The van der Waals surface area contributed by atoms with Crippen molar-refractivity contribution in [1.82, 2.24) is 20.4 Å². The van der Waals surface area contributed by atoms with Crippen molar-refractivity contribution < 1.29 is 43.2 Å². The number of likely N-dealkylation sites (N-methyl/N-ethyl adjacent to an activating group) is 1. The van der Waals surface area contributed by atoms with Gasteiger partial charge in [-0.15, -0.1) is 0 Å². The van der Waals surface area contributed by atoms with E-state index in [0.717, 1.165) is 24.9 Å². The summed E-state index contributed by atoms with van der Waals surface area (Å²) in [6.07, 6.45) is 2.13. The molecular formula is C40H70N4O9. The predicted molar refractivity (Wildman–Crippen MR) is 200 cm³/mol. The number of methoxy groups -OCH3 is 1. The van der Waals surface area contributed by atoms with E-state index in [-0.39, 0.29) is 35.9 Å². The van der Waals surface area contributed by atoms with Crippen LogP contribution < -0.4 is 10.6 Å². The number of aliphatic hydroxyl groups excluding tert-OH is 1. The summed E-state index contributed by atoms with van der Waals surface area (Å²) in [5.41, 5.74) is -2.18. The molecule has 3 unspecified atom stereocenters. The van der Waals surface area contributed by atoms with Crippen LogP contribution in [0.4, 0.5) is 4.79 Å². The highest BCUT2D eigenvalue weighted by Gasteiger charge is 2.55. The van der Waals surface area contributed by atoms with E-state index in [0.29, 0.717) is 25.8 Å². The fourth-order valence-electron chi connectivity index (χ4n) is 9.19. The Morgan fingerprint density at radius 3 is 2.19 bits per heavy atom. The van der Waals surface area contributed by atoms with Crippen LogP contribution in [0.1, 0.15) is 100 Å². The van der Waals surface area contributed by atoms with Crippen LogP contribution in [0.25, 0.3) is 0 Å². The van der Waals surface area contributed by atoms with E-state index in [9.17, 15) is 19.5 Å². The number of carbonyl (C=O) groups is 3. The summed E-state index contributed by atoms with van der Waals surface area (Å²) in [5, 5.41) is 18.4. The molecule has 2 aliphatic carbocycles. The Labute approximate surface area is 317 Å². The SMILES string of the molecule is CC[C@H]1OC(=O)C(C)C(=O)[C@H](C)[C@@H](O[C@@H]2O[C@H](C(C)N(CC3CC3)CC3CC3)CC(N(C)C)[C@H]2O)[C@](C)(OC)C[C@@H](C)CN[C@H](C)[C@H]2NC(=O)O[C@@]21C. The lowest BCUT2D eigenvalue weighted by Crippen LogP contribution is -2.61. The van der Waals surface area contributed by atoms with E-state index in [4.69, 9.17) is 23.7 Å². The van der Waals surface area contributed by atoms with Gasteiger partial charge in [0.1, 0.15) is 18.1 Å². The van der Waals surface area contributed by atoms with Gasteiger partial charge in [-0.25, -0.2) is 4.79 Å². The van der Waals surface area contributed by atoms with Gasteiger partial charge in [0, 0.05) is 44.2 Å². The molecule has 1 amide bonds. The van der Waals surface area contributed by atoms with Crippen molar-refractivity contribution in [2.75, 3.05) is 40.8 Å². The number of aliphatic hydroxyl groups is 1. The predicted octanol–water partition coefficient (Wildman–Crippen LogP) is 3.74. The lowest BCUT2D eigenvalue weighted by atomic mass is 9.78. The molecule has 0 aromatic heterocycles. The first-order valence-corrected chi connectivity index (χ1v) is 20.3. The van der Waals surface area contributed by atoms with Crippen LogP contribution in [-0.4, -0.2) is 140 Å². The van der Waals surface area contributed by atoms with Gasteiger partial charge in [-0.05, 0) is 118 Å². The highest BCUT2D eigenvalue weighted by atomic mass is 16.7. The van der Waals surface area contributed by atoms with Gasteiger partial charge >= 0.3 is 12.1 Å². The fraction of sp³-hybridized carbons (Fsp3) is 0.925. The van der Waals surface area contributed by atoms with Gasteiger partial charge in [-0.3, -0.25) is 14.5 Å². The Kier molecular flexibility index (Phi) is 13.6. The zero-order valence-corrected chi connectivity index (χ0v) is 34.3. The third-order valence-electron chi connectivity index (χ3n) is 13.2. The van der Waals surface area contributed by atoms with Crippen LogP contribution in [0.2, 0.25) is 0 Å². The van der Waals surface area contributed by atoms with E-state index < -0.39 is 65.7 Å². The normalized spacial score (nSPS) is 42.7. The summed E-state index contributed by atoms with van der Waals surface area (Å²) in [6.45, 7) is 17.9. The number of carbonyl (C=O) groups excluding carboxylic acids is 3. The van der Waals surface area contributed by atoms with Crippen LogP contribution in [0.3, 0.4) is 0 Å². The average molecular weight is 751 g/mol. The Bertz CT molecular complexity index is 1270. The molecule has 3 heterocycles. The summed E-state index contributed by atoms with van der Waals surface area (Å²) >= 11 is 0. The summed E-state index contributed by atoms with van der Waals surface area (Å²) in [4.78, 5) is 45.4. The van der Waals surface area contributed by atoms with E-state index in [2.05, 4.69) is 29.4 Å². The van der Waals surface area contributed by atoms with Gasteiger partial charge < -0.3 is 44.3 Å². The number of hydrogen-bond acceptors (Lipinski definition) is 12. The third-order valence-corrected chi connectivity index (χ3v) is 13.2. The topological polar surface area (TPSA) is 148 Å². The van der Waals surface area contributed by atoms with Crippen molar-refractivity contribution in [2.45, 2.75) is 166 Å². The molecule has 5 aliphatic rings. The first kappa shape index (κ1) is 42.3. The first-order valence-electron chi connectivity index (χ1n) is 20.3. The minimum absolute atomic E-state index is 0.0281. The lowest BCUT2D eigenvalue weighted by molar-refractivity contribution is -0.303. The quantitative estimate of drug-likeness (QED) is 0.209. The van der Waals surface area contributed by atoms with Crippen LogP contribution in [0.15, 0.2) is 0 Å². The smallest absolute Gasteiger partial charge is 0.408 e. The number of ether oxygens (including phenoxy) is 5. The van der Waals surface area contributed by atoms with E-state index >= 15 is 0 Å². The molecule has 14 atom stereocenters. The van der Waals surface area contributed by atoms with Crippen LogP contribution in [0.5, 0.6) is 0 Å². The monoisotopic (exact) mass is 751 g/mol. The molecule has 0 bridgehead atoms. The minimum Gasteiger partial charge on any atom is -0.458 e. The van der Waals surface area contributed by atoms with Crippen molar-refractivity contribution in [3.8, 4) is 0 Å². The second kappa shape index (κ2) is 17.1. The number of alkyl carbamates (subject to hydrolysis) is 1. The van der Waals surface area contributed by atoms with Crippen molar-refractivity contribution in [3.63, 3.8) is 0 Å². The zero-order valence-electron chi connectivity index (χ0n) is 34.3. The summed E-state index contributed by atoms with van der Waals surface area (Å²) < 4.78 is 31.9. The Hall–Kier alpha value is -1.87. The molecule has 0 spiro atoms. The van der Waals surface area contributed by atoms with E-state index in [1.165, 1.54) is 25.7 Å². The van der Waals surface area contributed by atoms with Crippen molar-refractivity contribution >= 4 is 17.8 Å². The molecule has 3 N–H and O–H groups in total. The summed E-state index contributed by atoms with van der Waals surface area (Å²) in [7, 11) is 5.55. The number of rotatable bonds is 11. The number of amides is 1. The maximum absolute atomic E-state index is 14.4. The Morgan fingerprint density at radius 2 is 1.64 bits per heavy atom. The summed E-state index contributed by atoms with van der Waals surface area (Å²) in [5.74, 6) is -1.54. The molecule has 13 nitrogen and oxygen atoms in total. The van der Waals surface area contributed by atoms with Crippen LogP contribution in [0, 0.1) is 29.6 Å². The van der Waals surface area contributed by atoms with Gasteiger partial charge in [0.05, 0.1) is 23.9 Å². The van der Waals surface area contributed by atoms with Crippen LogP contribution >= 0.6 is 0 Å². The molecule has 3 aliphatic heterocycles. The molecule has 0 aromatic rings. The first-order chi connectivity index (χ1) is 24.9. The summed E-state index contributed by atoms with van der Waals surface area (Å²) in [6, 6.07) is -0.852. The molecule has 5 rings (SSSR count). The molecule has 3 saturated heterocycles. The molecule has 304 valence electrons. The fourth-order valence-corrected chi connectivity index (χ4v) is 9.19. The largest absolute Gasteiger partial charge is 0.458 e. The number of nitrogens with zero attached hydrogens (tertiary/aromatic N) is 2. The molecule has 5 fully saturated rings. The number of nitrogens with one attached hydrogen (secondary N) is 2. The number of ketones is 1. The zero-order chi connectivity index (χ0) is 39.0. The van der Waals surface area contributed by atoms with Crippen LogP contribution in [-0.2, 0) is 33.3 Å². The Morgan fingerprint density at radius 1 is 1.02 bits per heavy atom. The van der Waals surface area contributed by atoms with Gasteiger partial charge in [0.2, 0.25) is 0 Å². The van der Waals surface area contributed by atoms with Gasteiger partial charge in [0.15, 0.2) is 17.7 Å². The molecule has 13 heteroatoms. The second-order valence-corrected chi connectivity index (χ2v) is 17.9. The average Bonchev–Trinajstić information content (AvgIpc) is 4.06. The van der Waals surface area contributed by atoms with Crippen molar-refractivity contribution in [2.24, 2.45) is 29.6 Å². The van der Waals surface area contributed by atoms with Crippen molar-refractivity contribution in [1.29, 1.82) is 0 Å². The second-order valence-electron chi connectivity index (χ2n) is 17.9. The molecular weight excluding hydrogens is 680 g/mol. The number of cyclic esters (lactones) is 1. The highest BCUT2D eigenvalue weighted by Crippen LogP contribution is 2.40. The van der Waals surface area contributed by atoms with E-state index in [1.807, 2.05) is 39.8 Å². The standard InChI is InChI=1S/C40H70N4O9/c1-12-31-40(8)34(42-38(48)53-40)25(5)41-19-22(2)18-39(7,49-11)35(23(3)32(45)24(4)36(47)51-31)52-37-33(46)29(43(9)10)17-30(50-37)26(6)44(20-27-13-14-27)21-28-15-16-28/h22-31,33-35,37,41,46H,12-21H2,1-11H3,(H,42,48)/t22-,23+,24?,25-,26?,29?,30+,31-,33-,34-,35-,37+,39-,40-/m1/s1. The number of Topliss-reactive ketones (excluding diaryl/α,β-unsaturated/α-hetero) is 1.